The van der Waals surface area contributed by atoms with Gasteiger partial charge in [-0.25, -0.2) is 4.68 Å². The fraction of sp³-hybridized carbons (Fsp3) is 0.412. The summed E-state index contributed by atoms with van der Waals surface area (Å²) in [6, 6.07) is 8.94. The Labute approximate surface area is 140 Å². The van der Waals surface area contributed by atoms with E-state index < -0.39 is 0 Å². The second kappa shape index (κ2) is 6.81. The molecule has 0 radical (unpaired) electrons. The molecular weight excluding hydrogens is 304 g/mol. The van der Waals surface area contributed by atoms with E-state index in [9.17, 15) is 4.79 Å². The first-order valence-electron chi connectivity index (χ1n) is 8.04. The SMILES string of the molecule is CNC(C)c1cn(C2CCCN(c3ccc(C#N)cc3)C2=O)nn1. The summed E-state index contributed by atoms with van der Waals surface area (Å²) < 4.78 is 1.67. The number of benzene rings is 1. The number of aromatic nitrogens is 3. The van der Waals surface area contributed by atoms with Crippen molar-refractivity contribution in [3.05, 3.63) is 41.7 Å². The van der Waals surface area contributed by atoms with Crippen LogP contribution in [0.4, 0.5) is 5.69 Å². The maximum Gasteiger partial charge on any atom is 0.251 e. The van der Waals surface area contributed by atoms with Crippen LogP contribution in [-0.2, 0) is 4.79 Å². The number of nitrogens with zero attached hydrogens (tertiary/aromatic N) is 5. The molecule has 7 nitrogen and oxygen atoms in total. The lowest BCUT2D eigenvalue weighted by Gasteiger charge is -2.32. The number of hydrogen-bond donors (Lipinski definition) is 1. The molecule has 2 atom stereocenters. The van der Waals surface area contributed by atoms with E-state index in [-0.39, 0.29) is 18.0 Å². The van der Waals surface area contributed by atoms with Crippen LogP contribution in [0.15, 0.2) is 30.5 Å². The molecule has 24 heavy (non-hydrogen) atoms. The third-order valence-corrected chi connectivity index (χ3v) is 4.44. The molecule has 7 heteroatoms. The smallest absolute Gasteiger partial charge is 0.251 e. The first kappa shape index (κ1) is 16.1. The summed E-state index contributed by atoms with van der Waals surface area (Å²) >= 11 is 0. The first-order valence-corrected chi connectivity index (χ1v) is 8.04. The van der Waals surface area contributed by atoms with Crippen LogP contribution < -0.4 is 10.2 Å². The van der Waals surface area contributed by atoms with Crippen LogP contribution in [-0.4, -0.2) is 34.5 Å². The number of nitriles is 1. The molecule has 3 rings (SSSR count). The molecule has 1 N–H and O–H groups in total. The number of amides is 1. The highest BCUT2D eigenvalue weighted by Gasteiger charge is 2.32. The zero-order valence-electron chi connectivity index (χ0n) is 13.8. The largest absolute Gasteiger partial charge is 0.312 e. The highest BCUT2D eigenvalue weighted by Crippen LogP contribution is 2.27. The van der Waals surface area contributed by atoms with E-state index >= 15 is 0 Å². The number of carbonyl (C=O) groups is 1. The van der Waals surface area contributed by atoms with E-state index in [1.54, 1.807) is 21.7 Å². The molecule has 0 bridgehead atoms. The van der Waals surface area contributed by atoms with Gasteiger partial charge in [-0.3, -0.25) is 4.79 Å². The number of anilines is 1. The Hall–Kier alpha value is -2.72. The van der Waals surface area contributed by atoms with Crippen LogP contribution >= 0.6 is 0 Å². The van der Waals surface area contributed by atoms with Crippen LogP contribution in [0.5, 0.6) is 0 Å². The molecule has 1 aliphatic heterocycles. The Morgan fingerprint density at radius 2 is 2.12 bits per heavy atom. The number of nitrogens with one attached hydrogen (secondary N) is 1. The van der Waals surface area contributed by atoms with Crippen LogP contribution in [0.2, 0.25) is 0 Å². The van der Waals surface area contributed by atoms with Gasteiger partial charge in [0.25, 0.3) is 5.91 Å². The topological polar surface area (TPSA) is 86.8 Å². The number of hydrogen-bond acceptors (Lipinski definition) is 5. The minimum absolute atomic E-state index is 0.0134. The van der Waals surface area contributed by atoms with Crippen molar-refractivity contribution in [3.63, 3.8) is 0 Å². The summed E-state index contributed by atoms with van der Waals surface area (Å²) in [5.41, 5.74) is 2.22. The Balaban J connectivity index is 1.82. The van der Waals surface area contributed by atoms with Crippen molar-refractivity contribution in [2.45, 2.75) is 31.8 Å². The van der Waals surface area contributed by atoms with Gasteiger partial charge in [0.1, 0.15) is 6.04 Å². The standard InChI is InChI=1S/C17H20N6O/c1-12(19-2)15-11-23(21-20-15)16-4-3-9-22(17(16)24)14-7-5-13(10-18)6-8-14/h5-8,11-12,16,19H,3-4,9H2,1-2H3. The summed E-state index contributed by atoms with van der Waals surface area (Å²) in [6.45, 7) is 2.68. The van der Waals surface area contributed by atoms with Crippen molar-refractivity contribution < 1.29 is 4.79 Å². The molecule has 124 valence electrons. The van der Waals surface area contributed by atoms with Crippen LogP contribution in [0.1, 0.15) is 43.1 Å². The molecule has 1 saturated heterocycles. The summed E-state index contributed by atoms with van der Waals surface area (Å²) in [6.07, 6.45) is 3.49. The molecule has 0 spiro atoms. The van der Waals surface area contributed by atoms with Gasteiger partial charge in [0, 0.05) is 18.3 Å². The highest BCUT2D eigenvalue weighted by atomic mass is 16.2. The first-order chi connectivity index (χ1) is 11.6. The average molecular weight is 324 g/mol. The average Bonchev–Trinajstić information content (AvgIpc) is 3.11. The Morgan fingerprint density at radius 1 is 1.38 bits per heavy atom. The van der Waals surface area contributed by atoms with Gasteiger partial charge in [-0.15, -0.1) is 5.10 Å². The third kappa shape index (κ3) is 3.01. The lowest BCUT2D eigenvalue weighted by atomic mass is 10.0. The van der Waals surface area contributed by atoms with E-state index in [2.05, 4.69) is 21.7 Å². The molecule has 1 aliphatic rings. The number of rotatable bonds is 4. The summed E-state index contributed by atoms with van der Waals surface area (Å²) in [5.74, 6) is 0.0134. The van der Waals surface area contributed by atoms with E-state index in [0.717, 1.165) is 24.2 Å². The number of piperidine rings is 1. The lowest BCUT2D eigenvalue weighted by molar-refractivity contribution is -0.123. The van der Waals surface area contributed by atoms with Gasteiger partial charge in [0.05, 0.1) is 23.5 Å². The van der Waals surface area contributed by atoms with Gasteiger partial charge in [-0.05, 0) is 51.1 Å². The maximum atomic E-state index is 12.9. The Kier molecular flexibility index (Phi) is 4.58. The highest BCUT2D eigenvalue weighted by molar-refractivity contribution is 5.96. The lowest BCUT2D eigenvalue weighted by Crippen LogP contribution is -2.42. The van der Waals surface area contributed by atoms with E-state index in [1.807, 2.05) is 32.3 Å². The molecule has 1 fully saturated rings. The zero-order chi connectivity index (χ0) is 17.1. The van der Waals surface area contributed by atoms with Crippen molar-refractivity contribution in [2.24, 2.45) is 0 Å². The molecule has 2 unspecified atom stereocenters. The quantitative estimate of drug-likeness (QED) is 0.926. The molecule has 1 amide bonds. The summed E-state index contributed by atoms with van der Waals surface area (Å²) in [5, 5.41) is 20.3. The second-order valence-electron chi connectivity index (χ2n) is 5.94. The van der Waals surface area contributed by atoms with Gasteiger partial charge in [-0.1, -0.05) is 5.21 Å². The summed E-state index contributed by atoms with van der Waals surface area (Å²) in [7, 11) is 1.86. The molecule has 1 aromatic heterocycles. The second-order valence-corrected chi connectivity index (χ2v) is 5.94. The van der Waals surface area contributed by atoms with E-state index in [4.69, 9.17) is 5.26 Å². The van der Waals surface area contributed by atoms with Gasteiger partial charge < -0.3 is 10.2 Å². The van der Waals surface area contributed by atoms with Crippen LogP contribution in [0.3, 0.4) is 0 Å². The maximum absolute atomic E-state index is 12.9. The van der Waals surface area contributed by atoms with Gasteiger partial charge >= 0.3 is 0 Å². The van der Waals surface area contributed by atoms with Crippen molar-refractivity contribution in [1.29, 1.82) is 5.26 Å². The molecule has 0 saturated carbocycles. The Bertz CT molecular complexity index is 760. The zero-order valence-corrected chi connectivity index (χ0v) is 13.8. The fourth-order valence-corrected chi connectivity index (χ4v) is 2.86. The van der Waals surface area contributed by atoms with Crippen LogP contribution in [0, 0.1) is 11.3 Å². The van der Waals surface area contributed by atoms with Crippen molar-refractivity contribution in [3.8, 4) is 6.07 Å². The predicted molar refractivity (Wildman–Crippen MR) is 89.3 cm³/mol. The van der Waals surface area contributed by atoms with Crippen molar-refractivity contribution in [1.82, 2.24) is 20.3 Å². The molecule has 0 aliphatic carbocycles. The monoisotopic (exact) mass is 324 g/mol. The normalized spacial score (nSPS) is 19.1. The molecule has 2 aromatic rings. The van der Waals surface area contributed by atoms with E-state index in [0.29, 0.717) is 12.1 Å². The predicted octanol–water partition coefficient (Wildman–Crippen LogP) is 1.80. The minimum atomic E-state index is -0.334. The Morgan fingerprint density at radius 3 is 2.79 bits per heavy atom. The van der Waals surface area contributed by atoms with E-state index in [1.165, 1.54) is 0 Å². The van der Waals surface area contributed by atoms with Crippen LogP contribution in [0.25, 0.3) is 0 Å². The minimum Gasteiger partial charge on any atom is -0.312 e. The molecule has 1 aromatic carbocycles. The summed E-state index contributed by atoms with van der Waals surface area (Å²) in [4.78, 5) is 14.6. The van der Waals surface area contributed by atoms with Gasteiger partial charge in [0.15, 0.2) is 0 Å². The fourth-order valence-electron chi connectivity index (χ4n) is 2.86. The molecular formula is C17H20N6O. The van der Waals surface area contributed by atoms with Crippen molar-refractivity contribution in [2.75, 3.05) is 18.5 Å². The third-order valence-electron chi connectivity index (χ3n) is 4.44. The van der Waals surface area contributed by atoms with Gasteiger partial charge in [0.2, 0.25) is 0 Å². The van der Waals surface area contributed by atoms with Gasteiger partial charge in [-0.2, -0.15) is 5.26 Å². The van der Waals surface area contributed by atoms with Crippen molar-refractivity contribution >= 4 is 11.6 Å². The molecule has 2 heterocycles. The number of carbonyl (C=O) groups excluding carboxylic acids is 1.